The molecule has 1 amide bonds. The van der Waals surface area contributed by atoms with Gasteiger partial charge < -0.3 is 10.1 Å². The van der Waals surface area contributed by atoms with Gasteiger partial charge in [0.1, 0.15) is 12.4 Å². The molecule has 29 heavy (non-hydrogen) atoms. The lowest BCUT2D eigenvalue weighted by Crippen LogP contribution is -2.49. The van der Waals surface area contributed by atoms with Crippen LogP contribution in [0, 0.1) is 0 Å². The minimum Gasteiger partial charge on any atom is -0.492 e. The topological polar surface area (TPSA) is 44.8 Å². The second-order valence-electron chi connectivity index (χ2n) is 6.87. The molecule has 0 bridgehead atoms. The number of nitrogens with one attached hydrogen (secondary N) is 1. The Hall–Kier alpha value is -2.58. The van der Waals surface area contributed by atoms with Crippen molar-refractivity contribution in [2.45, 2.75) is 6.18 Å². The summed E-state index contributed by atoms with van der Waals surface area (Å²) in [6.07, 6.45) is -4.50. The smallest absolute Gasteiger partial charge is 0.418 e. The van der Waals surface area contributed by atoms with Gasteiger partial charge in [0.25, 0.3) is 0 Å². The first-order chi connectivity index (χ1) is 13.9. The van der Waals surface area contributed by atoms with Crippen LogP contribution in [0.4, 0.5) is 18.9 Å². The van der Waals surface area contributed by atoms with Crippen molar-refractivity contribution in [3.05, 3.63) is 60.2 Å². The standard InChI is InChI=1S/C21H24F3N3O2/c22-21(23,24)18-8-4-5-9-19(18)25-20(28)16-27-12-10-26(11-13-27)14-15-29-17-6-2-1-3-7-17/h1-9H,10-16H2,(H,25,28). The molecule has 5 nitrogen and oxygen atoms in total. The van der Waals surface area contributed by atoms with Gasteiger partial charge in [-0.25, -0.2) is 0 Å². The van der Waals surface area contributed by atoms with E-state index in [4.69, 9.17) is 4.74 Å². The molecule has 8 heteroatoms. The Balaban J connectivity index is 1.40. The minimum atomic E-state index is -4.50. The number of benzene rings is 2. The van der Waals surface area contributed by atoms with Crippen molar-refractivity contribution in [2.75, 3.05) is 51.2 Å². The van der Waals surface area contributed by atoms with E-state index in [1.54, 1.807) is 0 Å². The van der Waals surface area contributed by atoms with Gasteiger partial charge in [0, 0.05) is 32.7 Å². The molecule has 3 rings (SSSR count). The molecule has 0 aliphatic carbocycles. The molecule has 1 fully saturated rings. The van der Waals surface area contributed by atoms with E-state index >= 15 is 0 Å². The second kappa shape index (κ2) is 9.76. The third-order valence-electron chi connectivity index (χ3n) is 4.76. The summed E-state index contributed by atoms with van der Waals surface area (Å²) in [7, 11) is 0. The number of halogens is 3. The molecular weight excluding hydrogens is 383 g/mol. The third-order valence-corrected chi connectivity index (χ3v) is 4.76. The van der Waals surface area contributed by atoms with Gasteiger partial charge in [-0.2, -0.15) is 13.2 Å². The molecule has 0 unspecified atom stereocenters. The van der Waals surface area contributed by atoms with Crippen LogP contribution in [0.3, 0.4) is 0 Å². The van der Waals surface area contributed by atoms with E-state index in [1.807, 2.05) is 35.2 Å². The predicted molar refractivity (Wildman–Crippen MR) is 105 cm³/mol. The van der Waals surface area contributed by atoms with Crippen LogP contribution in [0.5, 0.6) is 5.75 Å². The van der Waals surface area contributed by atoms with Crippen LogP contribution in [-0.2, 0) is 11.0 Å². The van der Waals surface area contributed by atoms with E-state index in [0.29, 0.717) is 19.7 Å². The van der Waals surface area contributed by atoms with Crippen molar-refractivity contribution in [3.8, 4) is 5.75 Å². The summed E-state index contributed by atoms with van der Waals surface area (Å²) in [5, 5.41) is 2.39. The molecule has 1 heterocycles. The number of nitrogens with zero attached hydrogens (tertiary/aromatic N) is 2. The summed E-state index contributed by atoms with van der Waals surface area (Å²) in [5.41, 5.74) is -1.04. The minimum absolute atomic E-state index is 0.0700. The number of carbonyl (C=O) groups is 1. The van der Waals surface area contributed by atoms with Gasteiger partial charge in [-0.15, -0.1) is 0 Å². The molecule has 0 saturated carbocycles. The highest BCUT2D eigenvalue weighted by atomic mass is 19.4. The Morgan fingerprint density at radius 2 is 1.55 bits per heavy atom. The van der Waals surface area contributed by atoms with E-state index in [1.165, 1.54) is 18.2 Å². The van der Waals surface area contributed by atoms with Crippen molar-refractivity contribution in [1.29, 1.82) is 0 Å². The van der Waals surface area contributed by atoms with Crippen LogP contribution in [0.25, 0.3) is 0 Å². The zero-order valence-electron chi connectivity index (χ0n) is 16.0. The fraction of sp³-hybridized carbons (Fsp3) is 0.381. The monoisotopic (exact) mass is 407 g/mol. The molecule has 1 aliphatic heterocycles. The number of para-hydroxylation sites is 2. The van der Waals surface area contributed by atoms with Crippen LogP contribution in [0.1, 0.15) is 5.56 Å². The highest BCUT2D eigenvalue weighted by Gasteiger charge is 2.33. The van der Waals surface area contributed by atoms with Gasteiger partial charge in [0.05, 0.1) is 17.8 Å². The number of alkyl halides is 3. The van der Waals surface area contributed by atoms with Crippen LogP contribution < -0.4 is 10.1 Å². The molecule has 0 atom stereocenters. The molecular formula is C21H24F3N3O2. The number of amides is 1. The number of anilines is 1. The van der Waals surface area contributed by atoms with Crippen molar-refractivity contribution in [1.82, 2.24) is 9.80 Å². The van der Waals surface area contributed by atoms with Gasteiger partial charge in [-0.3, -0.25) is 14.6 Å². The molecule has 1 saturated heterocycles. The average Bonchev–Trinajstić information content (AvgIpc) is 2.70. The number of rotatable bonds is 7. The molecule has 2 aromatic rings. The summed E-state index contributed by atoms with van der Waals surface area (Å²) in [4.78, 5) is 16.4. The van der Waals surface area contributed by atoms with Gasteiger partial charge in [-0.1, -0.05) is 30.3 Å². The molecule has 1 N–H and O–H groups in total. The molecule has 0 aromatic heterocycles. The van der Waals surface area contributed by atoms with Crippen molar-refractivity contribution < 1.29 is 22.7 Å². The zero-order chi connectivity index (χ0) is 20.7. The first-order valence-electron chi connectivity index (χ1n) is 9.50. The Morgan fingerprint density at radius 3 is 2.24 bits per heavy atom. The van der Waals surface area contributed by atoms with Crippen LogP contribution in [0.15, 0.2) is 54.6 Å². The summed E-state index contributed by atoms with van der Waals surface area (Å²) < 4.78 is 44.8. The Kier molecular flexibility index (Phi) is 7.11. The largest absolute Gasteiger partial charge is 0.492 e. The Labute approximate surface area is 168 Å². The van der Waals surface area contributed by atoms with Crippen molar-refractivity contribution >= 4 is 11.6 Å². The number of hydrogen-bond acceptors (Lipinski definition) is 4. The maximum Gasteiger partial charge on any atom is 0.418 e. The maximum absolute atomic E-state index is 13.0. The van der Waals surface area contributed by atoms with Gasteiger partial charge in [0.15, 0.2) is 0 Å². The van der Waals surface area contributed by atoms with Crippen molar-refractivity contribution in [3.63, 3.8) is 0 Å². The van der Waals surface area contributed by atoms with E-state index < -0.39 is 17.6 Å². The molecule has 0 radical (unpaired) electrons. The number of hydrogen-bond donors (Lipinski definition) is 1. The fourth-order valence-electron chi connectivity index (χ4n) is 3.21. The lowest BCUT2D eigenvalue weighted by Gasteiger charge is -2.34. The van der Waals surface area contributed by atoms with Gasteiger partial charge >= 0.3 is 6.18 Å². The quantitative estimate of drug-likeness (QED) is 0.765. The number of ether oxygens (including phenoxy) is 1. The van der Waals surface area contributed by atoms with Crippen molar-refractivity contribution in [2.24, 2.45) is 0 Å². The number of piperazine rings is 1. The SMILES string of the molecule is O=C(CN1CCN(CCOc2ccccc2)CC1)Nc1ccccc1C(F)(F)F. The fourth-order valence-corrected chi connectivity index (χ4v) is 3.21. The van der Waals surface area contributed by atoms with Gasteiger partial charge in [0.2, 0.25) is 5.91 Å². The molecule has 0 spiro atoms. The lowest BCUT2D eigenvalue weighted by atomic mass is 10.1. The summed E-state index contributed by atoms with van der Waals surface area (Å²) in [5.74, 6) is 0.393. The maximum atomic E-state index is 13.0. The highest BCUT2D eigenvalue weighted by Crippen LogP contribution is 2.34. The summed E-state index contributed by atoms with van der Waals surface area (Å²) in [6.45, 7) is 4.36. The third kappa shape index (κ3) is 6.47. The Morgan fingerprint density at radius 1 is 0.931 bits per heavy atom. The Bertz CT molecular complexity index is 791. The van der Waals surface area contributed by atoms with E-state index in [9.17, 15) is 18.0 Å². The average molecular weight is 407 g/mol. The van der Waals surface area contributed by atoms with E-state index in [2.05, 4.69) is 10.2 Å². The second-order valence-corrected chi connectivity index (χ2v) is 6.87. The van der Waals surface area contributed by atoms with Crippen LogP contribution >= 0.6 is 0 Å². The summed E-state index contributed by atoms with van der Waals surface area (Å²) >= 11 is 0. The normalized spacial score (nSPS) is 15.8. The van der Waals surface area contributed by atoms with Crippen LogP contribution in [0.2, 0.25) is 0 Å². The number of carbonyl (C=O) groups excluding carboxylic acids is 1. The molecule has 156 valence electrons. The van der Waals surface area contributed by atoms with E-state index in [-0.39, 0.29) is 12.2 Å². The molecule has 1 aliphatic rings. The van der Waals surface area contributed by atoms with E-state index in [0.717, 1.165) is 31.5 Å². The summed E-state index contributed by atoms with van der Waals surface area (Å²) in [6, 6.07) is 14.6. The predicted octanol–water partition coefficient (Wildman–Crippen LogP) is 3.34. The lowest BCUT2D eigenvalue weighted by molar-refractivity contribution is -0.137. The zero-order valence-corrected chi connectivity index (χ0v) is 16.0. The molecule has 2 aromatic carbocycles. The van der Waals surface area contributed by atoms with Gasteiger partial charge in [-0.05, 0) is 24.3 Å². The first kappa shape index (κ1) is 21.1. The van der Waals surface area contributed by atoms with Crippen LogP contribution in [-0.4, -0.2) is 61.6 Å². The first-order valence-corrected chi connectivity index (χ1v) is 9.50. The highest BCUT2D eigenvalue weighted by molar-refractivity contribution is 5.93.